The average molecular weight is 192 g/mol. The molecule has 0 saturated carbocycles. The topological polar surface area (TPSA) is 24.8 Å². The summed E-state index contributed by atoms with van der Waals surface area (Å²) in [5, 5.41) is 0. The van der Waals surface area contributed by atoms with E-state index in [-0.39, 0.29) is 0 Å². The molecule has 0 atom stereocenters. The third-order valence-corrected chi connectivity index (χ3v) is 2.46. The predicted octanol–water partition coefficient (Wildman–Crippen LogP) is 1.58. The summed E-state index contributed by atoms with van der Waals surface area (Å²) in [6, 6.07) is 0. The lowest BCUT2D eigenvalue weighted by Crippen LogP contribution is -2.39. The first-order valence-corrected chi connectivity index (χ1v) is 5.09. The van der Waals surface area contributed by atoms with Crippen LogP contribution >= 0.6 is 0 Å². The van der Waals surface area contributed by atoms with E-state index in [1.165, 1.54) is 5.57 Å². The Morgan fingerprint density at radius 2 is 2.14 bits per heavy atom. The quantitative estimate of drug-likeness (QED) is 0.582. The van der Waals surface area contributed by atoms with E-state index in [1.54, 1.807) is 0 Å². The van der Waals surface area contributed by atoms with Crippen molar-refractivity contribution >= 4 is 5.84 Å². The van der Waals surface area contributed by atoms with Crippen molar-refractivity contribution in [2.24, 2.45) is 4.99 Å². The van der Waals surface area contributed by atoms with Crippen LogP contribution < -0.4 is 0 Å². The molecular weight excluding hydrogens is 176 g/mol. The molecule has 14 heavy (non-hydrogen) atoms. The fourth-order valence-corrected chi connectivity index (χ4v) is 1.60. The Labute approximate surface area is 84.8 Å². The smallest absolute Gasteiger partial charge is 0.128 e. The van der Waals surface area contributed by atoms with E-state index in [9.17, 15) is 0 Å². The number of nitrogens with zero attached hydrogens (tertiary/aromatic N) is 2. The number of hydrogen-bond acceptors (Lipinski definition) is 3. The standard InChI is InChI=1S/C11H16N2O/c1-10-3-2-4-11(12-9-10)13-5-7-14-8-6-13/h2,4,9H,3,5-8H2,1H3. The van der Waals surface area contributed by atoms with Crippen molar-refractivity contribution in [2.45, 2.75) is 13.3 Å². The number of ether oxygens (including phenoxy) is 1. The molecule has 0 unspecified atom stereocenters. The zero-order chi connectivity index (χ0) is 9.80. The summed E-state index contributed by atoms with van der Waals surface area (Å²) in [7, 11) is 0. The molecule has 0 bridgehead atoms. The molecule has 1 fully saturated rings. The maximum atomic E-state index is 5.31. The van der Waals surface area contributed by atoms with Gasteiger partial charge in [0.1, 0.15) is 5.84 Å². The summed E-state index contributed by atoms with van der Waals surface area (Å²) in [4.78, 5) is 6.74. The maximum absolute atomic E-state index is 5.31. The van der Waals surface area contributed by atoms with Crippen molar-refractivity contribution in [1.29, 1.82) is 0 Å². The fraction of sp³-hybridized carbons (Fsp3) is 0.545. The monoisotopic (exact) mass is 192 g/mol. The van der Waals surface area contributed by atoms with Crippen LogP contribution in [0.2, 0.25) is 0 Å². The SMILES string of the molecule is CC1=CN=C(N2CCOCC2)C=CC1. The van der Waals surface area contributed by atoms with Crippen molar-refractivity contribution in [1.82, 2.24) is 4.90 Å². The van der Waals surface area contributed by atoms with E-state index in [4.69, 9.17) is 4.74 Å². The molecule has 0 N–H and O–H groups in total. The Balaban J connectivity index is 2.08. The molecule has 0 spiro atoms. The van der Waals surface area contributed by atoms with Gasteiger partial charge in [0.05, 0.1) is 13.2 Å². The minimum Gasteiger partial charge on any atom is -0.378 e. The lowest BCUT2D eigenvalue weighted by atomic mass is 10.2. The van der Waals surface area contributed by atoms with Gasteiger partial charge in [0, 0.05) is 19.3 Å². The zero-order valence-corrected chi connectivity index (χ0v) is 8.57. The number of amidine groups is 1. The minimum absolute atomic E-state index is 0.815. The van der Waals surface area contributed by atoms with Crippen LogP contribution in [0.4, 0.5) is 0 Å². The summed E-state index contributed by atoms with van der Waals surface area (Å²) in [5.41, 5.74) is 1.31. The maximum Gasteiger partial charge on any atom is 0.128 e. The second kappa shape index (κ2) is 4.42. The van der Waals surface area contributed by atoms with E-state index < -0.39 is 0 Å². The second-order valence-corrected chi connectivity index (χ2v) is 3.67. The molecule has 0 aliphatic carbocycles. The normalized spacial score (nSPS) is 22.8. The van der Waals surface area contributed by atoms with Crippen LogP contribution in [0.3, 0.4) is 0 Å². The van der Waals surface area contributed by atoms with Crippen molar-refractivity contribution in [2.75, 3.05) is 26.3 Å². The number of allylic oxidation sites excluding steroid dienone is 2. The van der Waals surface area contributed by atoms with Gasteiger partial charge in [-0.1, -0.05) is 11.6 Å². The van der Waals surface area contributed by atoms with E-state index in [0.29, 0.717) is 0 Å². The molecule has 3 nitrogen and oxygen atoms in total. The van der Waals surface area contributed by atoms with Gasteiger partial charge in [-0.2, -0.15) is 0 Å². The summed E-state index contributed by atoms with van der Waals surface area (Å²) >= 11 is 0. The van der Waals surface area contributed by atoms with Gasteiger partial charge in [-0.15, -0.1) is 0 Å². The van der Waals surface area contributed by atoms with Gasteiger partial charge < -0.3 is 9.64 Å². The molecule has 0 aromatic carbocycles. The first kappa shape index (κ1) is 9.46. The van der Waals surface area contributed by atoms with E-state index in [1.807, 2.05) is 6.20 Å². The third kappa shape index (κ3) is 2.23. The van der Waals surface area contributed by atoms with Crippen LogP contribution in [0.5, 0.6) is 0 Å². The van der Waals surface area contributed by atoms with Crippen molar-refractivity contribution in [3.8, 4) is 0 Å². The summed E-state index contributed by atoms with van der Waals surface area (Å²) < 4.78 is 5.31. The Bertz CT molecular complexity index is 286. The molecule has 2 heterocycles. The highest BCUT2D eigenvalue weighted by atomic mass is 16.5. The van der Waals surface area contributed by atoms with E-state index in [0.717, 1.165) is 38.6 Å². The molecule has 2 rings (SSSR count). The Morgan fingerprint density at radius 1 is 1.36 bits per heavy atom. The van der Waals surface area contributed by atoms with Crippen molar-refractivity contribution in [3.63, 3.8) is 0 Å². The van der Waals surface area contributed by atoms with Crippen molar-refractivity contribution < 1.29 is 4.74 Å². The molecule has 2 aliphatic heterocycles. The van der Waals surface area contributed by atoms with E-state index in [2.05, 4.69) is 29.0 Å². The van der Waals surface area contributed by atoms with Crippen LogP contribution in [-0.2, 0) is 4.74 Å². The predicted molar refractivity (Wildman–Crippen MR) is 57.3 cm³/mol. The average Bonchev–Trinajstić information content (AvgIpc) is 2.44. The molecule has 0 amide bonds. The highest BCUT2D eigenvalue weighted by molar-refractivity contribution is 5.93. The summed E-state index contributed by atoms with van der Waals surface area (Å²) in [5.74, 6) is 1.07. The van der Waals surface area contributed by atoms with Crippen LogP contribution in [-0.4, -0.2) is 37.0 Å². The van der Waals surface area contributed by atoms with Gasteiger partial charge >= 0.3 is 0 Å². The van der Waals surface area contributed by atoms with Gasteiger partial charge in [-0.25, -0.2) is 4.99 Å². The second-order valence-electron chi connectivity index (χ2n) is 3.67. The van der Waals surface area contributed by atoms with Crippen LogP contribution in [0.1, 0.15) is 13.3 Å². The van der Waals surface area contributed by atoms with Gasteiger partial charge in [0.15, 0.2) is 0 Å². The molecular formula is C11H16N2O. The molecule has 1 saturated heterocycles. The van der Waals surface area contributed by atoms with Crippen LogP contribution in [0.15, 0.2) is 28.9 Å². The largest absolute Gasteiger partial charge is 0.378 e. The Kier molecular flexibility index (Phi) is 2.99. The fourth-order valence-electron chi connectivity index (χ4n) is 1.60. The highest BCUT2D eigenvalue weighted by Crippen LogP contribution is 2.09. The van der Waals surface area contributed by atoms with Gasteiger partial charge in [-0.05, 0) is 19.4 Å². The van der Waals surface area contributed by atoms with Crippen LogP contribution in [0.25, 0.3) is 0 Å². The van der Waals surface area contributed by atoms with Gasteiger partial charge in [-0.3, -0.25) is 0 Å². The number of rotatable bonds is 0. The Morgan fingerprint density at radius 3 is 2.93 bits per heavy atom. The number of hydrogen-bond donors (Lipinski definition) is 0. The Hall–Kier alpha value is -1.09. The molecule has 3 heteroatoms. The molecule has 0 aromatic heterocycles. The third-order valence-electron chi connectivity index (χ3n) is 2.46. The van der Waals surface area contributed by atoms with Gasteiger partial charge in [0.25, 0.3) is 0 Å². The zero-order valence-electron chi connectivity index (χ0n) is 8.57. The number of aliphatic imine (C=N–C) groups is 1. The lowest BCUT2D eigenvalue weighted by Gasteiger charge is -2.28. The first-order valence-electron chi connectivity index (χ1n) is 5.09. The summed E-state index contributed by atoms with van der Waals surface area (Å²) in [6.45, 7) is 5.65. The highest BCUT2D eigenvalue weighted by Gasteiger charge is 2.12. The van der Waals surface area contributed by atoms with Crippen molar-refractivity contribution in [3.05, 3.63) is 23.9 Å². The lowest BCUT2D eigenvalue weighted by molar-refractivity contribution is 0.0684. The van der Waals surface area contributed by atoms with Gasteiger partial charge in [0.2, 0.25) is 0 Å². The molecule has 76 valence electrons. The van der Waals surface area contributed by atoms with Crippen LogP contribution in [0, 0.1) is 0 Å². The number of morpholine rings is 1. The molecule has 0 aromatic rings. The summed E-state index contributed by atoms with van der Waals surface area (Å²) in [6.07, 6.45) is 7.26. The minimum atomic E-state index is 0.815. The molecule has 2 aliphatic rings. The van der Waals surface area contributed by atoms with E-state index >= 15 is 0 Å². The first-order chi connectivity index (χ1) is 6.86. The molecule has 0 radical (unpaired) electrons.